The molecule has 0 aliphatic rings. The zero-order valence-corrected chi connectivity index (χ0v) is 13.8. The normalized spacial score (nSPS) is 12.4. The van der Waals surface area contributed by atoms with E-state index in [4.69, 9.17) is 4.98 Å². The summed E-state index contributed by atoms with van der Waals surface area (Å²) in [7, 11) is 3.92. The van der Waals surface area contributed by atoms with Gasteiger partial charge in [-0.15, -0.1) is 0 Å². The first-order chi connectivity index (χ1) is 10.1. The molecule has 2 aromatic rings. The highest BCUT2D eigenvalue weighted by Gasteiger charge is 2.18. The van der Waals surface area contributed by atoms with Crippen LogP contribution in [0.4, 0.5) is 15.2 Å². The first-order valence-corrected chi connectivity index (χ1v) is 8.02. The van der Waals surface area contributed by atoms with Crippen molar-refractivity contribution in [3.05, 3.63) is 40.7 Å². The molecule has 0 amide bonds. The number of aromatic nitrogens is 1. The van der Waals surface area contributed by atoms with Gasteiger partial charge in [-0.3, -0.25) is 0 Å². The van der Waals surface area contributed by atoms with E-state index in [1.54, 1.807) is 23.5 Å². The number of nitrogens with zero attached hydrogens (tertiary/aromatic N) is 2. The topological polar surface area (TPSA) is 28.2 Å². The number of nitrogens with one attached hydrogen (secondary N) is 1. The highest BCUT2D eigenvalue weighted by atomic mass is 32.1. The lowest BCUT2D eigenvalue weighted by Gasteiger charge is -2.15. The van der Waals surface area contributed by atoms with Crippen molar-refractivity contribution in [2.45, 2.75) is 32.7 Å². The van der Waals surface area contributed by atoms with Gasteiger partial charge in [0, 0.05) is 24.2 Å². The smallest absolute Gasteiger partial charge is 0.190 e. The highest BCUT2D eigenvalue weighted by Crippen LogP contribution is 2.34. The van der Waals surface area contributed by atoms with Crippen LogP contribution in [0, 0.1) is 5.82 Å². The average Bonchev–Trinajstić information content (AvgIpc) is 2.91. The summed E-state index contributed by atoms with van der Waals surface area (Å²) in [5.74, 6) is 0.224. The predicted molar refractivity (Wildman–Crippen MR) is 88.0 cm³/mol. The molecule has 0 spiro atoms. The Kier molecular flexibility index (Phi) is 5.31. The molecule has 0 saturated carbocycles. The highest BCUT2D eigenvalue weighted by molar-refractivity contribution is 7.15. The van der Waals surface area contributed by atoms with Gasteiger partial charge in [0.2, 0.25) is 0 Å². The number of hydrogen-bond donors (Lipinski definition) is 1. The summed E-state index contributed by atoms with van der Waals surface area (Å²) in [6.07, 6.45) is 1.07. The van der Waals surface area contributed by atoms with Crippen LogP contribution >= 0.6 is 11.3 Å². The zero-order chi connectivity index (χ0) is 15.4. The van der Waals surface area contributed by atoms with Crippen molar-refractivity contribution < 1.29 is 4.39 Å². The summed E-state index contributed by atoms with van der Waals surface area (Å²) >= 11 is 1.69. The summed E-state index contributed by atoms with van der Waals surface area (Å²) in [5.41, 5.74) is 2.11. The molecule has 1 heterocycles. The third kappa shape index (κ3) is 3.60. The summed E-state index contributed by atoms with van der Waals surface area (Å²) in [6, 6.07) is 6.50. The third-order valence-electron chi connectivity index (χ3n) is 3.63. The molecule has 21 heavy (non-hydrogen) atoms. The van der Waals surface area contributed by atoms with Crippen molar-refractivity contribution in [2.24, 2.45) is 0 Å². The summed E-state index contributed by atoms with van der Waals surface area (Å²) in [4.78, 5) is 8.09. The molecule has 2 rings (SSSR count). The largest absolute Gasteiger partial charge is 0.321 e. The number of rotatable bonds is 6. The third-order valence-corrected chi connectivity index (χ3v) is 4.78. The van der Waals surface area contributed by atoms with Gasteiger partial charge in [0.25, 0.3) is 0 Å². The standard InChI is InChI=1S/C16H22FN3S/c1-5-11(2)15-14(10-18-3)21-16(19-15)20(4)13-8-6-12(17)7-9-13/h6-9,11,18H,5,10H2,1-4H3. The Bertz CT molecular complexity index is 580. The molecule has 5 heteroatoms. The molecular formula is C16H22FN3S. The summed E-state index contributed by atoms with van der Waals surface area (Å²) < 4.78 is 13.0. The molecule has 1 unspecified atom stereocenters. The van der Waals surface area contributed by atoms with Crippen LogP contribution in [0.2, 0.25) is 0 Å². The summed E-state index contributed by atoms with van der Waals surface area (Å²) in [5, 5.41) is 4.15. The minimum absolute atomic E-state index is 0.220. The molecule has 0 aliphatic heterocycles. The molecule has 1 aromatic heterocycles. The van der Waals surface area contributed by atoms with Gasteiger partial charge in [0.05, 0.1) is 5.69 Å². The van der Waals surface area contributed by atoms with Crippen LogP contribution in [0.5, 0.6) is 0 Å². The quantitative estimate of drug-likeness (QED) is 0.863. The zero-order valence-electron chi connectivity index (χ0n) is 13.0. The van der Waals surface area contributed by atoms with E-state index >= 15 is 0 Å². The number of thiazole rings is 1. The van der Waals surface area contributed by atoms with Gasteiger partial charge < -0.3 is 10.2 Å². The number of anilines is 2. The maximum absolute atomic E-state index is 13.0. The monoisotopic (exact) mass is 307 g/mol. The van der Waals surface area contributed by atoms with Crippen LogP contribution in [0.15, 0.2) is 24.3 Å². The van der Waals surface area contributed by atoms with Gasteiger partial charge in [-0.1, -0.05) is 25.2 Å². The van der Waals surface area contributed by atoms with Gasteiger partial charge in [-0.05, 0) is 43.7 Å². The van der Waals surface area contributed by atoms with E-state index < -0.39 is 0 Å². The Morgan fingerprint density at radius 3 is 2.57 bits per heavy atom. The van der Waals surface area contributed by atoms with Crippen LogP contribution in [-0.2, 0) is 6.54 Å². The van der Waals surface area contributed by atoms with Crippen molar-refractivity contribution >= 4 is 22.2 Å². The summed E-state index contributed by atoms with van der Waals surface area (Å²) in [6.45, 7) is 5.21. The fourth-order valence-corrected chi connectivity index (χ4v) is 3.31. The average molecular weight is 307 g/mol. The molecule has 0 radical (unpaired) electrons. The van der Waals surface area contributed by atoms with E-state index in [9.17, 15) is 4.39 Å². The van der Waals surface area contributed by atoms with Crippen LogP contribution in [0.1, 0.15) is 36.8 Å². The van der Waals surface area contributed by atoms with Gasteiger partial charge in [-0.25, -0.2) is 9.37 Å². The lowest BCUT2D eigenvalue weighted by atomic mass is 10.0. The predicted octanol–water partition coefficient (Wildman–Crippen LogP) is 4.28. The molecule has 114 valence electrons. The van der Waals surface area contributed by atoms with Crippen molar-refractivity contribution in [1.29, 1.82) is 0 Å². The van der Waals surface area contributed by atoms with Crippen LogP contribution < -0.4 is 10.2 Å². The minimum Gasteiger partial charge on any atom is -0.321 e. The number of benzene rings is 1. The number of halogens is 1. The second-order valence-electron chi connectivity index (χ2n) is 5.18. The van der Waals surface area contributed by atoms with Gasteiger partial charge in [-0.2, -0.15) is 0 Å². The fourth-order valence-electron chi connectivity index (χ4n) is 2.13. The van der Waals surface area contributed by atoms with Crippen molar-refractivity contribution in [3.63, 3.8) is 0 Å². The lowest BCUT2D eigenvalue weighted by molar-refractivity contribution is 0.628. The van der Waals surface area contributed by atoms with Crippen molar-refractivity contribution in [3.8, 4) is 0 Å². The van der Waals surface area contributed by atoms with E-state index in [1.165, 1.54) is 22.7 Å². The van der Waals surface area contributed by atoms with Crippen LogP contribution in [-0.4, -0.2) is 19.1 Å². The van der Waals surface area contributed by atoms with Gasteiger partial charge in [0.15, 0.2) is 5.13 Å². The van der Waals surface area contributed by atoms with E-state index in [1.807, 2.05) is 19.0 Å². The number of hydrogen-bond acceptors (Lipinski definition) is 4. The molecule has 1 aromatic carbocycles. The maximum atomic E-state index is 13.0. The molecule has 0 fully saturated rings. The van der Waals surface area contributed by atoms with E-state index in [0.29, 0.717) is 5.92 Å². The molecule has 1 N–H and O–H groups in total. The second-order valence-corrected chi connectivity index (χ2v) is 6.24. The first-order valence-electron chi connectivity index (χ1n) is 7.20. The van der Waals surface area contributed by atoms with Crippen molar-refractivity contribution in [2.75, 3.05) is 19.0 Å². The fraction of sp³-hybridized carbons (Fsp3) is 0.438. The van der Waals surface area contributed by atoms with Crippen LogP contribution in [0.25, 0.3) is 0 Å². The molecule has 0 aliphatic carbocycles. The molecule has 3 nitrogen and oxygen atoms in total. The van der Waals surface area contributed by atoms with E-state index in [-0.39, 0.29) is 5.82 Å². The first kappa shape index (κ1) is 15.9. The minimum atomic E-state index is -0.220. The van der Waals surface area contributed by atoms with Gasteiger partial charge >= 0.3 is 0 Å². The molecular weight excluding hydrogens is 285 g/mol. The van der Waals surface area contributed by atoms with Crippen molar-refractivity contribution in [1.82, 2.24) is 10.3 Å². The Morgan fingerprint density at radius 2 is 2.00 bits per heavy atom. The Hall–Kier alpha value is -1.46. The Morgan fingerprint density at radius 1 is 1.33 bits per heavy atom. The SMILES string of the molecule is CCC(C)c1nc(N(C)c2ccc(F)cc2)sc1CNC. The van der Waals surface area contributed by atoms with E-state index in [0.717, 1.165) is 23.8 Å². The van der Waals surface area contributed by atoms with Crippen LogP contribution in [0.3, 0.4) is 0 Å². The maximum Gasteiger partial charge on any atom is 0.190 e. The molecule has 0 bridgehead atoms. The lowest BCUT2D eigenvalue weighted by Crippen LogP contribution is -2.09. The Balaban J connectivity index is 2.32. The van der Waals surface area contributed by atoms with Gasteiger partial charge in [0.1, 0.15) is 5.82 Å². The second kappa shape index (κ2) is 7.00. The van der Waals surface area contributed by atoms with E-state index in [2.05, 4.69) is 19.2 Å². The molecule has 0 saturated heterocycles. The molecule has 1 atom stereocenters. The Labute approximate surface area is 129 Å².